The molecular weight excluding hydrogens is 188 g/mol. The lowest BCUT2D eigenvalue weighted by molar-refractivity contribution is 0.619. The maximum absolute atomic E-state index is 10.4. The van der Waals surface area contributed by atoms with Crippen molar-refractivity contribution >= 4 is 27.5 Å². The maximum Gasteiger partial charge on any atom is 0.222 e. The van der Waals surface area contributed by atoms with Crippen LogP contribution in [0.1, 0.15) is 0 Å². The Morgan fingerprint density at radius 2 is 2.08 bits per heavy atom. The van der Waals surface area contributed by atoms with E-state index in [1.54, 1.807) is 18.3 Å². The highest BCUT2D eigenvalue weighted by Crippen LogP contribution is 2.20. The molecule has 0 atom stereocenters. The SMILES string of the molecule is O=[SH](=O)Nc1cccc2cc[nH]c12. The summed E-state index contributed by atoms with van der Waals surface area (Å²) in [6.07, 6.45) is 1.77. The Kier molecular flexibility index (Phi) is 1.94. The fourth-order valence-corrected chi connectivity index (χ4v) is 1.66. The first-order chi connectivity index (χ1) is 6.27. The van der Waals surface area contributed by atoms with Gasteiger partial charge in [0.2, 0.25) is 10.9 Å². The summed E-state index contributed by atoms with van der Waals surface area (Å²) < 4.78 is 23.2. The van der Waals surface area contributed by atoms with Crippen molar-refractivity contribution < 1.29 is 8.42 Å². The summed E-state index contributed by atoms with van der Waals surface area (Å²) in [6, 6.07) is 7.31. The predicted octanol–water partition coefficient (Wildman–Crippen LogP) is 1.11. The van der Waals surface area contributed by atoms with Crippen LogP contribution in [-0.2, 0) is 10.9 Å². The second-order valence-electron chi connectivity index (χ2n) is 2.62. The molecule has 0 aliphatic rings. The Labute approximate surface area is 76.7 Å². The van der Waals surface area contributed by atoms with Crippen molar-refractivity contribution in [3.8, 4) is 0 Å². The van der Waals surface area contributed by atoms with Gasteiger partial charge in [0.15, 0.2) is 0 Å². The first kappa shape index (κ1) is 8.12. The molecule has 0 spiro atoms. The van der Waals surface area contributed by atoms with E-state index < -0.39 is 10.9 Å². The standard InChI is InChI=1S/C8H8N2O2S/c11-13(12)10-7-3-1-2-6-4-5-9-8(6)7/h1-5,9,13H,(H,10,11,12). The van der Waals surface area contributed by atoms with Gasteiger partial charge in [0.1, 0.15) is 0 Å². The number of fused-ring (bicyclic) bond motifs is 1. The molecule has 0 aliphatic heterocycles. The van der Waals surface area contributed by atoms with Gasteiger partial charge in [-0.3, -0.25) is 4.72 Å². The molecule has 0 saturated carbocycles. The summed E-state index contributed by atoms with van der Waals surface area (Å²) in [6.45, 7) is 0. The third-order valence-corrected chi connectivity index (χ3v) is 2.22. The first-order valence-electron chi connectivity index (χ1n) is 3.74. The molecule has 2 N–H and O–H groups in total. The van der Waals surface area contributed by atoms with E-state index in [9.17, 15) is 8.42 Å². The number of rotatable bonds is 2. The van der Waals surface area contributed by atoms with Crippen molar-refractivity contribution in [2.45, 2.75) is 0 Å². The lowest BCUT2D eigenvalue weighted by Gasteiger charge is -1.99. The molecule has 1 aromatic heterocycles. The van der Waals surface area contributed by atoms with E-state index in [1.807, 2.05) is 12.1 Å². The van der Waals surface area contributed by atoms with Gasteiger partial charge in [-0.15, -0.1) is 0 Å². The number of hydrogen-bond donors (Lipinski definition) is 3. The van der Waals surface area contributed by atoms with Crippen LogP contribution in [0.2, 0.25) is 0 Å². The predicted molar refractivity (Wildman–Crippen MR) is 52.2 cm³/mol. The summed E-state index contributed by atoms with van der Waals surface area (Å²) in [7, 11) is -2.60. The van der Waals surface area contributed by atoms with Crippen LogP contribution in [0.3, 0.4) is 0 Å². The monoisotopic (exact) mass is 196 g/mol. The minimum atomic E-state index is -2.60. The zero-order valence-electron chi connectivity index (χ0n) is 6.65. The third kappa shape index (κ3) is 1.50. The molecule has 2 aromatic rings. The molecule has 0 bridgehead atoms. The van der Waals surface area contributed by atoms with Crippen LogP contribution in [0, 0.1) is 0 Å². The number of thiol groups is 1. The zero-order valence-corrected chi connectivity index (χ0v) is 7.54. The Bertz CT molecular complexity index is 494. The summed E-state index contributed by atoms with van der Waals surface area (Å²) in [5.74, 6) is 0. The molecule has 2 rings (SSSR count). The zero-order chi connectivity index (χ0) is 9.26. The van der Waals surface area contributed by atoms with Crippen molar-refractivity contribution in [2.24, 2.45) is 0 Å². The topological polar surface area (TPSA) is 62.0 Å². The largest absolute Gasteiger partial charge is 0.359 e. The van der Waals surface area contributed by atoms with Gasteiger partial charge in [-0.1, -0.05) is 12.1 Å². The Morgan fingerprint density at radius 3 is 2.85 bits per heavy atom. The van der Waals surface area contributed by atoms with E-state index in [0.29, 0.717) is 5.69 Å². The summed E-state index contributed by atoms with van der Waals surface area (Å²) in [5.41, 5.74) is 1.39. The number of aromatic amines is 1. The second-order valence-corrected chi connectivity index (χ2v) is 3.35. The number of H-pyrrole nitrogens is 1. The minimum Gasteiger partial charge on any atom is -0.359 e. The van der Waals surface area contributed by atoms with Crippen molar-refractivity contribution in [1.82, 2.24) is 4.98 Å². The average molecular weight is 196 g/mol. The van der Waals surface area contributed by atoms with Crippen LogP contribution in [0.4, 0.5) is 5.69 Å². The molecule has 1 aromatic carbocycles. The van der Waals surface area contributed by atoms with Gasteiger partial charge in [-0.2, -0.15) is 0 Å². The summed E-state index contributed by atoms with van der Waals surface area (Å²) >= 11 is 0. The van der Waals surface area contributed by atoms with E-state index in [4.69, 9.17) is 0 Å². The molecule has 0 aliphatic carbocycles. The molecule has 0 fully saturated rings. The Morgan fingerprint density at radius 1 is 1.23 bits per heavy atom. The van der Waals surface area contributed by atoms with Gasteiger partial charge < -0.3 is 4.98 Å². The number of para-hydroxylation sites is 1. The Hall–Kier alpha value is -1.49. The van der Waals surface area contributed by atoms with Gasteiger partial charge >= 0.3 is 0 Å². The molecule has 1 heterocycles. The van der Waals surface area contributed by atoms with Crippen LogP contribution < -0.4 is 4.72 Å². The van der Waals surface area contributed by atoms with Crippen molar-refractivity contribution in [3.63, 3.8) is 0 Å². The molecule has 0 saturated heterocycles. The lowest BCUT2D eigenvalue weighted by atomic mass is 10.2. The van der Waals surface area contributed by atoms with Crippen LogP contribution in [-0.4, -0.2) is 13.4 Å². The molecule has 4 nitrogen and oxygen atoms in total. The molecule has 5 heteroatoms. The van der Waals surface area contributed by atoms with Crippen molar-refractivity contribution in [1.29, 1.82) is 0 Å². The average Bonchev–Trinajstić information content (AvgIpc) is 2.51. The van der Waals surface area contributed by atoms with E-state index in [0.717, 1.165) is 10.9 Å². The summed E-state index contributed by atoms with van der Waals surface area (Å²) in [4.78, 5) is 2.96. The van der Waals surface area contributed by atoms with Gasteiger partial charge in [0, 0.05) is 11.6 Å². The Balaban J connectivity index is 2.60. The van der Waals surface area contributed by atoms with Crippen LogP contribution in [0.15, 0.2) is 30.5 Å². The number of nitrogens with one attached hydrogen (secondary N) is 2. The fraction of sp³-hybridized carbons (Fsp3) is 0. The van der Waals surface area contributed by atoms with E-state index >= 15 is 0 Å². The van der Waals surface area contributed by atoms with Crippen LogP contribution >= 0.6 is 0 Å². The molecule has 0 radical (unpaired) electrons. The smallest absolute Gasteiger partial charge is 0.222 e. The van der Waals surface area contributed by atoms with Gasteiger partial charge in [-0.25, -0.2) is 8.42 Å². The molecule has 13 heavy (non-hydrogen) atoms. The minimum absolute atomic E-state index is 0.582. The molecule has 0 unspecified atom stereocenters. The summed E-state index contributed by atoms with van der Waals surface area (Å²) in [5, 5.41) is 0.988. The highest BCUT2D eigenvalue weighted by molar-refractivity contribution is 7.73. The van der Waals surface area contributed by atoms with E-state index in [-0.39, 0.29) is 0 Å². The maximum atomic E-state index is 10.4. The van der Waals surface area contributed by atoms with Gasteiger partial charge in [0.25, 0.3) is 0 Å². The van der Waals surface area contributed by atoms with Gasteiger partial charge in [-0.05, 0) is 12.1 Å². The first-order valence-corrected chi connectivity index (χ1v) is 4.92. The lowest BCUT2D eigenvalue weighted by Crippen LogP contribution is -1.95. The fourth-order valence-electron chi connectivity index (χ4n) is 1.28. The van der Waals surface area contributed by atoms with Crippen LogP contribution in [0.5, 0.6) is 0 Å². The highest BCUT2D eigenvalue weighted by Gasteiger charge is 2.00. The number of anilines is 1. The van der Waals surface area contributed by atoms with Crippen molar-refractivity contribution in [2.75, 3.05) is 4.72 Å². The molecule has 0 amide bonds. The normalized spacial score (nSPS) is 10.8. The van der Waals surface area contributed by atoms with E-state index in [2.05, 4.69) is 9.71 Å². The third-order valence-electron chi connectivity index (χ3n) is 1.80. The number of benzene rings is 1. The van der Waals surface area contributed by atoms with Crippen molar-refractivity contribution in [3.05, 3.63) is 30.5 Å². The quantitative estimate of drug-likeness (QED) is 0.630. The molecule has 68 valence electrons. The second kappa shape index (κ2) is 3.10. The number of hydrogen-bond acceptors (Lipinski definition) is 2. The van der Waals surface area contributed by atoms with E-state index in [1.165, 1.54) is 0 Å². The molecular formula is C8H8N2O2S. The van der Waals surface area contributed by atoms with Crippen LogP contribution in [0.25, 0.3) is 10.9 Å². The number of aromatic nitrogens is 1. The van der Waals surface area contributed by atoms with Gasteiger partial charge in [0.05, 0.1) is 11.2 Å². The highest BCUT2D eigenvalue weighted by atomic mass is 32.2.